The van der Waals surface area contributed by atoms with Gasteiger partial charge in [0.15, 0.2) is 11.4 Å². The Morgan fingerprint density at radius 1 is 1.46 bits per heavy atom. The van der Waals surface area contributed by atoms with Crippen LogP contribution >= 0.6 is 0 Å². The Hall–Kier alpha value is -2.57. The minimum absolute atomic E-state index is 0.299. The molecule has 3 rings (SSSR count). The Kier molecular flexibility index (Phi) is 4.42. The molecule has 1 amide bonds. The molecular formula is C17H21N3O4. The summed E-state index contributed by atoms with van der Waals surface area (Å²) in [6.07, 6.45) is 3.85. The molecule has 1 aliphatic rings. The summed E-state index contributed by atoms with van der Waals surface area (Å²) < 4.78 is 7.25. The predicted molar refractivity (Wildman–Crippen MR) is 87.3 cm³/mol. The highest BCUT2D eigenvalue weighted by atomic mass is 16.5. The number of amides is 1. The van der Waals surface area contributed by atoms with Crippen LogP contribution in [0, 0.1) is 12.8 Å². The van der Waals surface area contributed by atoms with E-state index in [4.69, 9.17) is 4.74 Å². The van der Waals surface area contributed by atoms with Gasteiger partial charge in [0.05, 0.1) is 18.2 Å². The lowest BCUT2D eigenvalue weighted by molar-refractivity contribution is -0.142. The van der Waals surface area contributed by atoms with E-state index < -0.39 is 11.9 Å². The van der Waals surface area contributed by atoms with Crippen LogP contribution in [-0.2, 0) is 4.79 Å². The fourth-order valence-electron chi connectivity index (χ4n) is 3.36. The maximum Gasteiger partial charge on any atom is 0.308 e. The Bertz CT molecular complexity index is 783. The van der Waals surface area contributed by atoms with E-state index in [0.717, 1.165) is 6.42 Å². The zero-order valence-electron chi connectivity index (χ0n) is 13.8. The van der Waals surface area contributed by atoms with Crippen LogP contribution in [0.3, 0.4) is 0 Å². The molecule has 0 bridgehead atoms. The van der Waals surface area contributed by atoms with Gasteiger partial charge < -0.3 is 15.2 Å². The molecule has 1 saturated carbocycles. The molecule has 7 heteroatoms. The maximum atomic E-state index is 12.7. The number of hydrogen-bond donors (Lipinski definition) is 2. The summed E-state index contributed by atoms with van der Waals surface area (Å²) in [6, 6.07) is 3.27. The average Bonchev–Trinajstić information content (AvgIpc) is 3.11. The van der Waals surface area contributed by atoms with Crippen molar-refractivity contribution in [3.8, 4) is 5.75 Å². The van der Waals surface area contributed by atoms with Crippen molar-refractivity contribution in [1.82, 2.24) is 14.7 Å². The van der Waals surface area contributed by atoms with Gasteiger partial charge >= 0.3 is 5.97 Å². The number of nitrogens with one attached hydrogen (secondary N) is 1. The molecule has 0 saturated heterocycles. The third-order valence-electron chi connectivity index (χ3n) is 4.45. The number of aryl methyl sites for hydroxylation is 1. The van der Waals surface area contributed by atoms with Crippen LogP contribution in [0.5, 0.6) is 5.75 Å². The number of fused-ring (bicyclic) bond motifs is 1. The fourth-order valence-corrected chi connectivity index (χ4v) is 3.36. The van der Waals surface area contributed by atoms with Crippen LogP contribution in [0.15, 0.2) is 18.3 Å². The molecule has 1 fully saturated rings. The summed E-state index contributed by atoms with van der Waals surface area (Å²) in [5.74, 6) is -1.06. The van der Waals surface area contributed by atoms with E-state index in [2.05, 4.69) is 10.3 Å². The molecule has 0 aromatic carbocycles. The number of ether oxygens (including phenoxy) is 1. The lowest BCUT2D eigenvalue weighted by Gasteiger charge is -2.17. The summed E-state index contributed by atoms with van der Waals surface area (Å²) in [4.78, 5) is 28.5. The highest BCUT2D eigenvalue weighted by Crippen LogP contribution is 2.27. The van der Waals surface area contributed by atoms with E-state index >= 15 is 0 Å². The van der Waals surface area contributed by atoms with Crippen molar-refractivity contribution in [2.45, 2.75) is 39.2 Å². The number of aliphatic carboxylic acids is 1. The van der Waals surface area contributed by atoms with Gasteiger partial charge in [-0.15, -0.1) is 0 Å². The first-order chi connectivity index (χ1) is 11.5. The van der Waals surface area contributed by atoms with Crippen LogP contribution in [0.25, 0.3) is 5.65 Å². The van der Waals surface area contributed by atoms with Crippen LogP contribution in [0.1, 0.15) is 42.4 Å². The lowest BCUT2D eigenvalue weighted by atomic mass is 10.0. The third kappa shape index (κ3) is 2.81. The van der Waals surface area contributed by atoms with Crippen molar-refractivity contribution in [3.05, 3.63) is 29.7 Å². The molecule has 7 nitrogen and oxygen atoms in total. The van der Waals surface area contributed by atoms with Gasteiger partial charge in [0.2, 0.25) is 0 Å². The summed E-state index contributed by atoms with van der Waals surface area (Å²) in [7, 11) is 0. The van der Waals surface area contributed by atoms with Gasteiger partial charge in [-0.1, -0.05) is 6.42 Å². The van der Waals surface area contributed by atoms with Gasteiger partial charge in [0.25, 0.3) is 5.91 Å². The highest BCUT2D eigenvalue weighted by Gasteiger charge is 2.34. The maximum absolute atomic E-state index is 12.7. The Morgan fingerprint density at radius 2 is 2.25 bits per heavy atom. The van der Waals surface area contributed by atoms with E-state index in [0.29, 0.717) is 42.2 Å². The molecule has 2 atom stereocenters. The Morgan fingerprint density at radius 3 is 2.96 bits per heavy atom. The SMILES string of the molecule is CCOc1cccn2c(C(=O)NC3CCCC3C(=O)O)c(C)nc12. The predicted octanol–water partition coefficient (Wildman–Crippen LogP) is 2.02. The van der Waals surface area contributed by atoms with Crippen molar-refractivity contribution in [1.29, 1.82) is 0 Å². The van der Waals surface area contributed by atoms with Gasteiger partial charge in [-0.05, 0) is 38.8 Å². The number of carbonyl (C=O) groups is 2. The van der Waals surface area contributed by atoms with Crippen LogP contribution < -0.4 is 10.1 Å². The molecule has 128 valence electrons. The number of nitrogens with zero attached hydrogens (tertiary/aromatic N) is 2. The zero-order chi connectivity index (χ0) is 17.3. The second-order valence-electron chi connectivity index (χ2n) is 6.00. The van der Waals surface area contributed by atoms with E-state index in [1.165, 1.54) is 0 Å². The van der Waals surface area contributed by atoms with Gasteiger partial charge in [-0.25, -0.2) is 4.98 Å². The second-order valence-corrected chi connectivity index (χ2v) is 6.00. The second kappa shape index (κ2) is 6.51. The number of aromatic nitrogens is 2. The van der Waals surface area contributed by atoms with Gasteiger partial charge in [0.1, 0.15) is 5.69 Å². The largest absolute Gasteiger partial charge is 0.490 e. The minimum Gasteiger partial charge on any atom is -0.490 e. The molecule has 2 heterocycles. The standard InChI is InChI=1S/C17H21N3O4/c1-3-24-13-8-5-9-20-14(10(2)18-15(13)20)16(21)19-12-7-4-6-11(12)17(22)23/h5,8-9,11-12H,3-4,6-7H2,1-2H3,(H,19,21)(H,22,23). The number of carboxylic acids is 1. The molecule has 0 radical (unpaired) electrons. The number of rotatable bonds is 5. The molecule has 0 aliphatic heterocycles. The van der Waals surface area contributed by atoms with Gasteiger partial charge in [0, 0.05) is 12.2 Å². The van der Waals surface area contributed by atoms with Crippen molar-refractivity contribution in [2.24, 2.45) is 5.92 Å². The van der Waals surface area contributed by atoms with Gasteiger partial charge in [-0.3, -0.25) is 14.0 Å². The molecule has 0 spiro atoms. The summed E-state index contributed by atoms with van der Waals surface area (Å²) in [6.45, 7) is 4.16. The smallest absolute Gasteiger partial charge is 0.308 e. The summed E-state index contributed by atoms with van der Waals surface area (Å²) in [5.41, 5.74) is 1.59. The van der Waals surface area contributed by atoms with Crippen LogP contribution in [0.4, 0.5) is 0 Å². The fraction of sp³-hybridized carbons (Fsp3) is 0.471. The van der Waals surface area contributed by atoms with E-state index in [9.17, 15) is 14.7 Å². The molecule has 2 N–H and O–H groups in total. The van der Waals surface area contributed by atoms with E-state index in [-0.39, 0.29) is 11.9 Å². The Labute approximate surface area is 139 Å². The van der Waals surface area contributed by atoms with E-state index in [1.54, 1.807) is 23.6 Å². The van der Waals surface area contributed by atoms with Crippen LogP contribution in [0.2, 0.25) is 0 Å². The van der Waals surface area contributed by atoms with Crippen molar-refractivity contribution in [3.63, 3.8) is 0 Å². The van der Waals surface area contributed by atoms with Crippen molar-refractivity contribution in [2.75, 3.05) is 6.61 Å². The topological polar surface area (TPSA) is 92.9 Å². The number of imidazole rings is 1. The van der Waals surface area contributed by atoms with Gasteiger partial charge in [-0.2, -0.15) is 0 Å². The molecular weight excluding hydrogens is 310 g/mol. The normalized spacial score (nSPS) is 20.2. The monoisotopic (exact) mass is 331 g/mol. The zero-order valence-corrected chi connectivity index (χ0v) is 13.8. The molecule has 24 heavy (non-hydrogen) atoms. The summed E-state index contributed by atoms with van der Waals surface area (Å²) >= 11 is 0. The number of pyridine rings is 1. The average molecular weight is 331 g/mol. The first-order valence-electron chi connectivity index (χ1n) is 8.17. The minimum atomic E-state index is -0.855. The summed E-state index contributed by atoms with van der Waals surface area (Å²) in [5, 5.41) is 12.1. The number of hydrogen-bond acceptors (Lipinski definition) is 4. The first kappa shape index (κ1) is 16.3. The first-order valence-corrected chi connectivity index (χ1v) is 8.17. The molecule has 2 aromatic rings. The molecule has 2 aromatic heterocycles. The van der Waals surface area contributed by atoms with E-state index in [1.807, 2.05) is 13.0 Å². The lowest BCUT2D eigenvalue weighted by Crippen LogP contribution is -2.40. The third-order valence-corrected chi connectivity index (χ3v) is 4.45. The molecule has 1 aliphatic carbocycles. The number of carbonyl (C=O) groups excluding carboxylic acids is 1. The molecule has 2 unspecified atom stereocenters. The number of carboxylic acid groups (broad SMARTS) is 1. The quantitative estimate of drug-likeness (QED) is 0.874. The van der Waals surface area contributed by atoms with Crippen LogP contribution in [-0.4, -0.2) is 39.0 Å². The van der Waals surface area contributed by atoms with Crippen molar-refractivity contribution < 1.29 is 19.4 Å². The van der Waals surface area contributed by atoms with Crippen molar-refractivity contribution >= 4 is 17.5 Å². The highest BCUT2D eigenvalue weighted by molar-refractivity contribution is 5.95. The Balaban J connectivity index is 1.91.